The Morgan fingerprint density at radius 3 is 1.60 bits per heavy atom. The minimum atomic E-state index is 0.126. The summed E-state index contributed by atoms with van der Waals surface area (Å²) in [5, 5.41) is 0. The molecule has 5 rings (SSSR count). The van der Waals surface area contributed by atoms with Gasteiger partial charge in [0.1, 0.15) is 11.5 Å². The molecular weight excluding hydrogens is 368 g/mol. The number of rotatable bonds is 6. The number of benzene rings is 2. The number of fused-ring (bicyclic) bond motifs is 6. The van der Waals surface area contributed by atoms with E-state index in [9.17, 15) is 0 Å². The van der Waals surface area contributed by atoms with Crippen LogP contribution >= 0.6 is 0 Å². The summed E-state index contributed by atoms with van der Waals surface area (Å²) in [4.78, 5) is 0. The highest BCUT2D eigenvalue weighted by molar-refractivity contribution is 5.82. The van der Waals surface area contributed by atoms with E-state index in [0.717, 1.165) is 35.2 Å². The summed E-state index contributed by atoms with van der Waals surface area (Å²) >= 11 is 0. The first-order chi connectivity index (χ1) is 14.6. The highest BCUT2D eigenvalue weighted by Gasteiger charge is 2.57. The average Bonchev–Trinajstić information content (AvgIpc) is 3.38. The van der Waals surface area contributed by atoms with E-state index in [-0.39, 0.29) is 5.41 Å². The van der Waals surface area contributed by atoms with Crippen molar-refractivity contribution >= 4 is 0 Å². The fourth-order valence-electron chi connectivity index (χ4n) is 7.31. The predicted molar refractivity (Wildman–Crippen MR) is 123 cm³/mol. The zero-order valence-corrected chi connectivity index (χ0v) is 19.0. The normalized spacial score (nSPS) is 27.7. The van der Waals surface area contributed by atoms with Crippen LogP contribution < -0.4 is 9.47 Å². The second-order valence-corrected chi connectivity index (χ2v) is 9.67. The Bertz CT molecular complexity index is 855. The molecule has 4 atom stereocenters. The molecule has 2 aromatic carbocycles. The summed E-state index contributed by atoms with van der Waals surface area (Å²) in [6.07, 6.45) is 6.67. The first kappa shape index (κ1) is 20.0. The molecule has 0 aromatic heterocycles. The van der Waals surface area contributed by atoms with Gasteiger partial charge in [-0.1, -0.05) is 38.8 Å². The summed E-state index contributed by atoms with van der Waals surface area (Å²) in [7, 11) is 0. The fourth-order valence-corrected chi connectivity index (χ4v) is 7.31. The lowest BCUT2D eigenvalue weighted by Gasteiger charge is -2.30. The van der Waals surface area contributed by atoms with Crippen LogP contribution in [0.3, 0.4) is 0 Å². The van der Waals surface area contributed by atoms with Gasteiger partial charge >= 0.3 is 0 Å². The maximum Gasteiger partial charge on any atom is 0.119 e. The van der Waals surface area contributed by atoms with Crippen molar-refractivity contribution in [3.63, 3.8) is 0 Å². The van der Waals surface area contributed by atoms with E-state index < -0.39 is 0 Å². The second kappa shape index (κ2) is 7.62. The molecule has 0 saturated heterocycles. The Hall–Kier alpha value is -1.96. The molecule has 3 aliphatic carbocycles. The highest BCUT2D eigenvalue weighted by Crippen LogP contribution is 2.66. The molecule has 2 aromatic rings. The van der Waals surface area contributed by atoms with Crippen LogP contribution in [-0.2, 0) is 5.41 Å². The Morgan fingerprint density at radius 2 is 1.20 bits per heavy atom. The minimum absolute atomic E-state index is 0.126. The molecule has 160 valence electrons. The summed E-state index contributed by atoms with van der Waals surface area (Å²) in [6.45, 7) is 10.4. The fraction of sp³-hybridized carbons (Fsp3) is 0.571. The van der Waals surface area contributed by atoms with Crippen molar-refractivity contribution in [1.29, 1.82) is 0 Å². The number of hydrogen-bond acceptors (Lipinski definition) is 2. The van der Waals surface area contributed by atoms with Crippen LogP contribution in [0.2, 0.25) is 0 Å². The molecule has 30 heavy (non-hydrogen) atoms. The molecule has 4 unspecified atom stereocenters. The van der Waals surface area contributed by atoms with Crippen LogP contribution in [0.4, 0.5) is 0 Å². The van der Waals surface area contributed by atoms with Gasteiger partial charge in [0.05, 0.1) is 13.2 Å². The smallest absolute Gasteiger partial charge is 0.119 e. The molecule has 2 saturated carbocycles. The molecule has 0 heterocycles. The van der Waals surface area contributed by atoms with Gasteiger partial charge in [0.25, 0.3) is 0 Å². The van der Waals surface area contributed by atoms with Gasteiger partial charge in [-0.2, -0.15) is 0 Å². The van der Waals surface area contributed by atoms with E-state index in [2.05, 4.69) is 64.1 Å². The second-order valence-electron chi connectivity index (χ2n) is 9.67. The van der Waals surface area contributed by atoms with E-state index in [0.29, 0.717) is 13.2 Å². The topological polar surface area (TPSA) is 18.5 Å². The van der Waals surface area contributed by atoms with Gasteiger partial charge < -0.3 is 9.47 Å². The van der Waals surface area contributed by atoms with Crippen LogP contribution in [-0.4, -0.2) is 13.2 Å². The zero-order valence-electron chi connectivity index (χ0n) is 19.0. The number of hydrogen-bond donors (Lipinski definition) is 0. The van der Waals surface area contributed by atoms with Gasteiger partial charge in [0.15, 0.2) is 0 Å². The lowest BCUT2D eigenvalue weighted by molar-refractivity contribution is 0.323. The Morgan fingerprint density at radius 1 is 0.733 bits per heavy atom. The van der Waals surface area contributed by atoms with Gasteiger partial charge in [0.2, 0.25) is 0 Å². The quantitative estimate of drug-likeness (QED) is 0.505. The third-order valence-electron chi connectivity index (χ3n) is 8.51. The third-order valence-corrected chi connectivity index (χ3v) is 8.51. The maximum atomic E-state index is 5.95. The van der Waals surface area contributed by atoms with Crippen LogP contribution in [0.1, 0.15) is 70.9 Å². The first-order valence-electron chi connectivity index (χ1n) is 12.2. The largest absolute Gasteiger partial charge is 0.494 e. The van der Waals surface area contributed by atoms with Crippen molar-refractivity contribution < 1.29 is 9.47 Å². The molecule has 0 bridgehead atoms. The molecule has 2 nitrogen and oxygen atoms in total. The Labute approximate surface area is 182 Å². The molecule has 3 aliphatic rings. The third kappa shape index (κ3) is 2.82. The lowest BCUT2D eigenvalue weighted by Crippen LogP contribution is -2.24. The summed E-state index contributed by atoms with van der Waals surface area (Å²) in [5.41, 5.74) is 5.98. The Balaban J connectivity index is 1.66. The molecule has 2 heteroatoms. The molecule has 0 radical (unpaired) electrons. The minimum Gasteiger partial charge on any atom is -0.494 e. The van der Waals surface area contributed by atoms with Gasteiger partial charge in [-0.05, 0) is 103 Å². The van der Waals surface area contributed by atoms with Gasteiger partial charge in [-0.3, -0.25) is 0 Å². The molecule has 0 N–H and O–H groups in total. The molecule has 2 fully saturated rings. The van der Waals surface area contributed by atoms with Crippen molar-refractivity contribution in [2.24, 2.45) is 23.7 Å². The van der Waals surface area contributed by atoms with Crippen molar-refractivity contribution in [1.82, 2.24) is 0 Å². The molecule has 0 amide bonds. The SMILES string of the molecule is CCOc1ccc2c(c1)C1(CC3C(CC)CC(CC)C3C1)c1cc(OCC)ccc1-2. The van der Waals surface area contributed by atoms with Crippen LogP contribution in [0.15, 0.2) is 36.4 Å². The molecule has 1 spiro atoms. The Kier molecular flexibility index (Phi) is 5.08. The summed E-state index contributed by atoms with van der Waals surface area (Å²) in [5.74, 6) is 5.51. The highest BCUT2D eigenvalue weighted by atomic mass is 16.5. The van der Waals surface area contributed by atoms with E-state index in [1.165, 1.54) is 54.4 Å². The summed E-state index contributed by atoms with van der Waals surface area (Å²) in [6, 6.07) is 13.6. The van der Waals surface area contributed by atoms with Crippen molar-refractivity contribution in [3.8, 4) is 22.6 Å². The van der Waals surface area contributed by atoms with Crippen LogP contribution in [0.25, 0.3) is 11.1 Å². The standard InChI is InChI=1S/C28H36O2/c1-5-18-13-19(6-2)25-17-28(16-24(18)25)26-14-20(29-7-3)9-11-22(26)23-12-10-21(30-8-4)15-27(23)28/h9-12,14-15,18-19,24-25H,5-8,13,16-17H2,1-4H3. The first-order valence-corrected chi connectivity index (χ1v) is 12.2. The van der Waals surface area contributed by atoms with Gasteiger partial charge in [0, 0.05) is 5.41 Å². The van der Waals surface area contributed by atoms with E-state index in [1.807, 2.05) is 0 Å². The summed E-state index contributed by atoms with van der Waals surface area (Å²) < 4.78 is 11.9. The van der Waals surface area contributed by atoms with Gasteiger partial charge in [-0.15, -0.1) is 0 Å². The van der Waals surface area contributed by atoms with Crippen LogP contribution in [0, 0.1) is 23.7 Å². The predicted octanol–water partition coefficient (Wildman–Crippen LogP) is 7.23. The van der Waals surface area contributed by atoms with Crippen LogP contribution in [0.5, 0.6) is 11.5 Å². The lowest BCUT2D eigenvalue weighted by atomic mass is 9.73. The monoisotopic (exact) mass is 404 g/mol. The van der Waals surface area contributed by atoms with E-state index in [1.54, 1.807) is 0 Å². The maximum absolute atomic E-state index is 5.95. The van der Waals surface area contributed by atoms with Crippen molar-refractivity contribution in [3.05, 3.63) is 47.5 Å². The average molecular weight is 405 g/mol. The number of ether oxygens (including phenoxy) is 2. The van der Waals surface area contributed by atoms with E-state index in [4.69, 9.17) is 9.47 Å². The van der Waals surface area contributed by atoms with Crippen molar-refractivity contribution in [2.45, 2.75) is 65.2 Å². The zero-order chi connectivity index (χ0) is 20.9. The molecule has 0 aliphatic heterocycles. The van der Waals surface area contributed by atoms with E-state index >= 15 is 0 Å². The molecular formula is C28H36O2. The van der Waals surface area contributed by atoms with Crippen molar-refractivity contribution in [2.75, 3.05) is 13.2 Å². The van der Waals surface area contributed by atoms with Gasteiger partial charge in [-0.25, -0.2) is 0 Å².